The number of benzene rings is 1. The van der Waals surface area contributed by atoms with Gasteiger partial charge in [0, 0.05) is 11.1 Å². The molecule has 0 saturated carbocycles. The van der Waals surface area contributed by atoms with Crippen molar-refractivity contribution in [3.8, 4) is 0 Å². The van der Waals surface area contributed by atoms with Crippen molar-refractivity contribution in [1.29, 1.82) is 0 Å². The van der Waals surface area contributed by atoms with Gasteiger partial charge in [0.15, 0.2) is 5.82 Å². The van der Waals surface area contributed by atoms with Gasteiger partial charge in [-0.15, -0.1) is 0 Å². The van der Waals surface area contributed by atoms with Crippen LogP contribution in [0.3, 0.4) is 0 Å². The van der Waals surface area contributed by atoms with E-state index in [1.54, 1.807) is 0 Å². The summed E-state index contributed by atoms with van der Waals surface area (Å²) in [6.07, 6.45) is 0.940. The molecule has 2 rings (SSSR count). The fraction of sp³-hybridized carbons (Fsp3) is 0.429. The van der Waals surface area contributed by atoms with E-state index in [0.717, 1.165) is 11.4 Å². The highest BCUT2D eigenvalue weighted by Gasteiger charge is 2.13. The Labute approximate surface area is 123 Å². The SMILES string of the molecule is CC(Cc1ccc(Cl)cc1)N(C)Cc1noc(CN)n1. The molecule has 0 saturated heterocycles. The van der Waals surface area contributed by atoms with Crippen LogP contribution in [0.1, 0.15) is 24.2 Å². The van der Waals surface area contributed by atoms with Crippen LogP contribution in [0.5, 0.6) is 0 Å². The number of hydrogen-bond acceptors (Lipinski definition) is 5. The summed E-state index contributed by atoms with van der Waals surface area (Å²) in [6, 6.07) is 8.28. The van der Waals surface area contributed by atoms with Gasteiger partial charge < -0.3 is 10.3 Å². The molecular weight excluding hydrogens is 276 g/mol. The van der Waals surface area contributed by atoms with E-state index in [0.29, 0.717) is 24.3 Å². The molecule has 5 nitrogen and oxygen atoms in total. The van der Waals surface area contributed by atoms with Gasteiger partial charge in [-0.05, 0) is 38.1 Å². The average Bonchev–Trinajstić information content (AvgIpc) is 2.89. The standard InChI is InChI=1S/C14H19ClN4O/c1-10(7-11-3-5-12(15)6-4-11)19(2)9-13-17-14(8-16)20-18-13/h3-6,10H,7-9,16H2,1-2H3. The lowest BCUT2D eigenvalue weighted by Crippen LogP contribution is -2.30. The quantitative estimate of drug-likeness (QED) is 0.885. The van der Waals surface area contributed by atoms with E-state index in [2.05, 4.69) is 22.0 Å². The average molecular weight is 295 g/mol. The topological polar surface area (TPSA) is 68.2 Å². The Morgan fingerprint density at radius 3 is 2.65 bits per heavy atom. The van der Waals surface area contributed by atoms with Crippen LogP contribution in [0.4, 0.5) is 0 Å². The third-order valence-electron chi connectivity index (χ3n) is 3.27. The summed E-state index contributed by atoms with van der Waals surface area (Å²) in [5.74, 6) is 1.13. The van der Waals surface area contributed by atoms with Gasteiger partial charge in [0.1, 0.15) is 0 Å². The van der Waals surface area contributed by atoms with Crippen molar-refractivity contribution in [1.82, 2.24) is 15.0 Å². The molecule has 1 unspecified atom stereocenters. The summed E-state index contributed by atoms with van der Waals surface area (Å²) in [6.45, 7) is 3.08. The van der Waals surface area contributed by atoms with Gasteiger partial charge in [-0.3, -0.25) is 4.90 Å². The molecule has 0 aliphatic rings. The van der Waals surface area contributed by atoms with Crippen LogP contribution in [0.2, 0.25) is 5.02 Å². The Morgan fingerprint density at radius 2 is 2.05 bits per heavy atom. The van der Waals surface area contributed by atoms with Crippen LogP contribution in [0, 0.1) is 0 Å². The fourth-order valence-electron chi connectivity index (χ4n) is 1.93. The molecule has 0 aliphatic heterocycles. The molecule has 0 aliphatic carbocycles. The third kappa shape index (κ3) is 4.03. The number of aromatic nitrogens is 2. The van der Waals surface area contributed by atoms with E-state index < -0.39 is 0 Å². The van der Waals surface area contributed by atoms with Gasteiger partial charge in [-0.25, -0.2) is 0 Å². The summed E-state index contributed by atoms with van der Waals surface area (Å²) >= 11 is 5.89. The van der Waals surface area contributed by atoms with Gasteiger partial charge in [0.05, 0.1) is 13.1 Å². The van der Waals surface area contributed by atoms with Gasteiger partial charge in [-0.2, -0.15) is 4.98 Å². The molecular formula is C14H19ClN4O. The van der Waals surface area contributed by atoms with Crippen molar-refractivity contribution in [3.63, 3.8) is 0 Å². The molecule has 0 fully saturated rings. The lowest BCUT2D eigenvalue weighted by Gasteiger charge is -2.23. The molecule has 1 atom stereocenters. The Balaban J connectivity index is 1.91. The van der Waals surface area contributed by atoms with Crippen LogP contribution in [0.15, 0.2) is 28.8 Å². The molecule has 1 aromatic carbocycles. The molecule has 0 radical (unpaired) electrons. The lowest BCUT2D eigenvalue weighted by atomic mass is 10.1. The van der Waals surface area contributed by atoms with E-state index in [-0.39, 0.29) is 6.54 Å². The van der Waals surface area contributed by atoms with Crippen molar-refractivity contribution in [3.05, 3.63) is 46.6 Å². The predicted octanol–water partition coefficient (Wildman–Crippen LogP) is 2.24. The smallest absolute Gasteiger partial charge is 0.240 e. The number of nitrogens with zero attached hydrogens (tertiary/aromatic N) is 3. The summed E-state index contributed by atoms with van der Waals surface area (Å²) in [7, 11) is 2.04. The number of rotatable bonds is 6. The number of hydrogen-bond donors (Lipinski definition) is 1. The van der Waals surface area contributed by atoms with E-state index in [1.165, 1.54) is 5.56 Å². The van der Waals surface area contributed by atoms with E-state index in [1.807, 2.05) is 31.3 Å². The first-order chi connectivity index (χ1) is 9.58. The lowest BCUT2D eigenvalue weighted by molar-refractivity contribution is 0.238. The van der Waals surface area contributed by atoms with E-state index in [9.17, 15) is 0 Å². The highest BCUT2D eigenvalue weighted by molar-refractivity contribution is 6.30. The zero-order chi connectivity index (χ0) is 14.5. The maximum absolute atomic E-state index is 5.89. The predicted molar refractivity (Wildman–Crippen MR) is 78.3 cm³/mol. The molecule has 0 amide bonds. The number of likely N-dealkylation sites (N-methyl/N-ethyl adjacent to an activating group) is 1. The molecule has 1 heterocycles. The van der Waals surface area contributed by atoms with E-state index in [4.69, 9.17) is 21.9 Å². The first kappa shape index (κ1) is 15.0. The molecule has 20 heavy (non-hydrogen) atoms. The van der Waals surface area contributed by atoms with Crippen molar-refractivity contribution < 1.29 is 4.52 Å². The summed E-state index contributed by atoms with van der Waals surface area (Å²) in [4.78, 5) is 6.39. The Kier molecular flexibility index (Phi) is 5.11. The highest BCUT2D eigenvalue weighted by atomic mass is 35.5. The Bertz CT molecular complexity index is 540. The van der Waals surface area contributed by atoms with Gasteiger partial charge in [-0.1, -0.05) is 28.9 Å². The normalized spacial score (nSPS) is 12.8. The summed E-state index contributed by atoms with van der Waals surface area (Å²) in [5.41, 5.74) is 6.70. The molecule has 1 aromatic heterocycles. The van der Waals surface area contributed by atoms with Gasteiger partial charge in [0.25, 0.3) is 0 Å². The molecule has 6 heteroatoms. The zero-order valence-corrected chi connectivity index (χ0v) is 12.5. The molecule has 0 bridgehead atoms. The van der Waals surface area contributed by atoms with Crippen molar-refractivity contribution >= 4 is 11.6 Å². The molecule has 0 spiro atoms. The van der Waals surface area contributed by atoms with Crippen LogP contribution < -0.4 is 5.73 Å². The van der Waals surface area contributed by atoms with Gasteiger partial charge >= 0.3 is 0 Å². The van der Waals surface area contributed by atoms with Crippen LogP contribution in [-0.4, -0.2) is 28.1 Å². The van der Waals surface area contributed by atoms with Crippen LogP contribution in [0.25, 0.3) is 0 Å². The second kappa shape index (κ2) is 6.83. The maximum Gasteiger partial charge on any atom is 0.240 e. The number of halogens is 1. The highest BCUT2D eigenvalue weighted by Crippen LogP contribution is 2.13. The van der Waals surface area contributed by atoms with Crippen LogP contribution >= 0.6 is 11.6 Å². The fourth-order valence-corrected chi connectivity index (χ4v) is 2.06. The first-order valence-electron chi connectivity index (χ1n) is 6.54. The second-order valence-electron chi connectivity index (χ2n) is 4.90. The summed E-state index contributed by atoms with van der Waals surface area (Å²) < 4.78 is 5.00. The maximum atomic E-state index is 5.89. The first-order valence-corrected chi connectivity index (χ1v) is 6.92. The Morgan fingerprint density at radius 1 is 1.35 bits per heavy atom. The monoisotopic (exact) mass is 294 g/mol. The minimum atomic E-state index is 0.275. The number of nitrogens with two attached hydrogens (primary N) is 1. The van der Waals surface area contributed by atoms with Crippen molar-refractivity contribution in [2.75, 3.05) is 7.05 Å². The Hall–Kier alpha value is -1.43. The molecule has 2 N–H and O–H groups in total. The van der Waals surface area contributed by atoms with E-state index >= 15 is 0 Å². The van der Waals surface area contributed by atoms with Crippen LogP contribution in [-0.2, 0) is 19.5 Å². The summed E-state index contributed by atoms with van der Waals surface area (Å²) in [5, 5.41) is 4.66. The minimum Gasteiger partial charge on any atom is -0.338 e. The molecule has 2 aromatic rings. The van der Waals surface area contributed by atoms with Crippen molar-refractivity contribution in [2.24, 2.45) is 5.73 Å². The second-order valence-corrected chi connectivity index (χ2v) is 5.34. The van der Waals surface area contributed by atoms with Gasteiger partial charge in [0.2, 0.25) is 5.89 Å². The zero-order valence-electron chi connectivity index (χ0n) is 11.7. The van der Waals surface area contributed by atoms with Crippen molar-refractivity contribution in [2.45, 2.75) is 32.5 Å². The minimum absolute atomic E-state index is 0.275. The largest absolute Gasteiger partial charge is 0.338 e. The third-order valence-corrected chi connectivity index (χ3v) is 3.52. The molecule has 108 valence electrons.